The van der Waals surface area contributed by atoms with Crippen LogP contribution in [0.1, 0.15) is 35.9 Å². The van der Waals surface area contributed by atoms with Crippen LogP contribution < -0.4 is 15.8 Å². The fraction of sp³-hybridized carbons (Fsp3) is 0.312. The highest BCUT2D eigenvalue weighted by molar-refractivity contribution is 7.92. The van der Waals surface area contributed by atoms with E-state index in [4.69, 9.17) is 10.2 Å². The van der Waals surface area contributed by atoms with E-state index in [1.165, 1.54) is 6.26 Å². The molecule has 0 radical (unpaired) electrons. The first-order chi connectivity index (χ1) is 11.4. The number of amides is 1. The van der Waals surface area contributed by atoms with Gasteiger partial charge in [-0.05, 0) is 36.8 Å². The highest BCUT2D eigenvalue weighted by Crippen LogP contribution is 2.17. The third kappa shape index (κ3) is 5.10. The fourth-order valence-corrected chi connectivity index (χ4v) is 3.26. The molecule has 1 heterocycles. The van der Waals surface area contributed by atoms with E-state index in [2.05, 4.69) is 10.0 Å². The molecule has 1 aromatic heterocycles. The molecular formula is C16H21N3O4S. The zero-order valence-corrected chi connectivity index (χ0v) is 14.2. The van der Waals surface area contributed by atoms with E-state index >= 15 is 0 Å². The lowest BCUT2D eigenvalue weighted by atomic mass is 10.2. The fourth-order valence-electron chi connectivity index (χ4n) is 2.00. The zero-order valence-electron chi connectivity index (χ0n) is 13.4. The standard InChI is InChI=1S/C16H21N3O4S/c1-2-3-8-24(21,22)19-14-6-4-13(5-7-14)18-16(20)12-9-15(10-17)23-11-12/h4-7,9,11,19H,2-3,8,10,17H2,1H3,(H,18,20). The Bertz CT molecular complexity index is 782. The van der Waals surface area contributed by atoms with E-state index in [0.29, 0.717) is 29.1 Å². The van der Waals surface area contributed by atoms with Gasteiger partial charge in [0.25, 0.3) is 5.91 Å². The van der Waals surface area contributed by atoms with Gasteiger partial charge in [-0.15, -0.1) is 0 Å². The van der Waals surface area contributed by atoms with Crippen molar-refractivity contribution in [2.45, 2.75) is 26.3 Å². The summed E-state index contributed by atoms with van der Waals surface area (Å²) in [5, 5.41) is 2.70. The van der Waals surface area contributed by atoms with Crippen molar-refractivity contribution in [1.82, 2.24) is 0 Å². The maximum absolute atomic E-state index is 12.1. The van der Waals surface area contributed by atoms with Gasteiger partial charge in [0.1, 0.15) is 12.0 Å². The Morgan fingerprint density at radius 1 is 1.21 bits per heavy atom. The largest absolute Gasteiger partial charge is 0.467 e. The average molecular weight is 351 g/mol. The second-order valence-electron chi connectivity index (χ2n) is 5.31. The van der Waals surface area contributed by atoms with E-state index < -0.39 is 10.0 Å². The quantitative estimate of drug-likeness (QED) is 0.676. The summed E-state index contributed by atoms with van der Waals surface area (Å²) < 4.78 is 31.3. The average Bonchev–Trinajstić information content (AvgIpc) is 3.04. The summed E-state index contributed by atoms with van der Waals surface area (Å²) in [5.74, 6) is 0.290. The van der Waals surface area contributed by atoms with E-state index in [-0.39, 0.29) is 18.2 Å². The molecule has 24 heavy (non-hydrogen) atoms. The molecule has 0 atom stereocenters. The smallest absolute Gasteiger partial charge is 0.258 e. The highest BCUT2D eigenvalue weighted by Gasteiger charge is 2.11. The molecule has 4 N–H and O–H groups in total. The Morgan fingerprint density at radius 3 is 2.46 bits per heavy atom. The van der Waals surface area contributed by atoms with Gasteiger partial charge >= 0.3 is 0 Å². The monoisotopic (exact) mass is 351 g/mol. The van der Waals surface area contributed by atoms with Crippen molar-refractivity contribution in [3.63, 3.8) is 0 Å². The summed E-state index contributed by atoms with van der Waals surface area (Å²) in [6, 6.07) is 8.02. The lowest BCUT2D eigenvalue weighted by molar-refractivity contribution is 0.102. The minimum atomic E-state index is -3.34. The molecule has 0 aliphatic rings. The topological polar surface area (TPSA) is 114 Å². The molecule has 1 aromatic carbocycles. The minimum Gasteiger partial charge on any atom is -0.467 e. The first-order valence-corrected chi connectivity index (χ1v) is 9.28. The summed E-state index contributed by atoms with van der Waals surface area (Å²) in [4.78, 5) is 12.1. The molecule has 0 bridgehead atoms. The van der Waals surface area contributed by atoms with Gasteiger partial charge in [0, 0.05) is 11.4 Å². The number of rotatable bonds is 8. The van der Waals surface area contributed by atoms with E-state index in [1.54, 1.807) is 30.3 Å². The number of nitrogens with one attached hydrogen (secondary N) is 2. The number of furan rings is 1. The van der Waals surface area contributed by atoms with Gasteiger partial charge in [0.05, 0.1) is 17.9 Å². The Hall–Kier alpha value is -2.32. The molecule has 2 rings (SSSR count). The van der Waals surface area contributed by atoms with Gasteiger partial charge in [-0.3, -0.25) is 9.52 Å². The van der Waals surface area contributed by atoms with Gasteiger partial charge in [0.2, 0.25) is 10.0 Å². The maximum atomic E-state index is 12.1. The molecule has 0 aliphatic carbocycles. The summed E-state index contributed by atoms with van der Waals surface area (Å²) in [6.45, 7) is 2.16. The zero-order chi connectivity index (χ0) is 17.6. The number of nitrogens with two attached hydrogens (primary N) is 1. The van der Waals surface area contributed by atoms with E-state index in [0.717, 1.165) is 6.42 Å². The molecule has 0 fully saturated rings. The van der Waals surface area contributed by atoms with Crippen molar-refractivity contribution >= 4 is 27.3 Å². The molecule has 2 aromatic rings. The molecule has 0 spiro atoms. The van der Waals surface area contributed by atoms with Crippen molar-refractivity contribution in [2.75, 3.05) is 15.8 Å². The maximum Gasteiger partial charge on any atom is 0.258 e. The Labute approximate surface area is 141 Å². The predicted octanol–water partition coefficient (Wildman–Crippen LogP) is 2.53. The number of hydrogen-bond acceptors (Lipinski definition) is 5. The molecule has 0 unspecified atom stereocenters. The van der Waals surface area contributed by atoms with Gasteiger partial charge in [0.15, 0.2) is 0 Å². The van der Waals surface area contributed by atoms with Crippen LogP contribution in [0.2, 0.25) is 0 Å². The van der Waals surface area contributed by atoms with Crippen LogP contribution in [0.4, 0.5) is 11.4 Å². The molecule has 8 heteroatoms. The molecular weight excluding hydrogens is 330 g/mol. The molecule has 0 saturated carbocycles. The number of hydrogen-bond donors (Lipinski definition) is 3. The van der Waals surface area contributed by atoms with Crippen LogP contribution in [0.5, 0.6) is 0 Å². The van der Waals surface area contributed by atoms with E-state index in [1.807, 2.05) is 6.92 Å². The van der Waals surface area contributed by atoms with Crippen LogP contribution in [0.25, 0.3) is 0 Å². The van der Waals surface area contributed by atoms with Crippen LogP contribution in [-0.4, -0.2) is 20.1 Å². The summed E-state index contributed by atoms with van der Waals surface area (Å²) in [7, 11) is -3.34. The number of sulfonamides is 1. The second-order valence-corrected chi connectivity index (χ2v) is 7.15. The molecule has 130 valence electrons. The minimum absolute atomic E-state index is 0.0892. The van der Waals surface area contributed by atoms with Crippen LogP contribution >= 0.6 is 0 Å². The summed E-state index contributed by atoms with van der Waals surface area (Å²) in [5.41, 5.74) is 6.81. The lowest BCUT2D eigenvalue weighted by Gasteiger charge is -2.09. The SMILES string of the molecule is CCCCS(=O)(=O)Nc1ccc(NC(=O)c2coc(CN)c2)cc1. The highest BCUT2D eigenvalue weighted by atomic mass is 32.2. The third-order valence-electron chi connectivity index (χ3n) is 3.30. The van der Waals surface area contributed by atoms with Crippen LogP contribution in [0, 0.1) is 0 Å². The van der Waals surface area contributed by atoms with Crippen molar-refractivity contribution in [3.05, 3.63) is 47.9 Å². The Kier molecular flexibility index (Phi) is 5.99. The lowest BCUT2D eigenvalue weighted by Crippen LogP contribution is -2.16. The van der Waals surface area contributed by atoms with Crippen LogP contribution in [-0.2, 0) is 16.6 Å². The second kappa shape index (κ2) is 7.98. The summed E-state index contributed by atoms with van der Waals surface area (Å²) >= 11 is 0. The van der Waals surface area contributed by atoms with Gasteiger partial charge in [-0.1, -0.05) is 13.3 Å². The van der Waals surface area contributed by atoms with Gasteiger partial charge < -0.3 is 15.5 Å². The van der Waals surface area contributed by atoms with E-state index in [9.17, 15) is 13.2 Å². The molecule has 0 aliphatic heterocycles. The normalized spacial score (nSPS) is 11.2. The first kappa shape index (κ1) is 18.0. The van der Waals surface area contributed by atoms with Crippen molar-refractivity contribution < 1.29 is 17.6 Å². The number of carbonyl (C=O) groups is 1. The predicted molar refractivity (Wildman–Crippen MR) is 93.3 cm³/mol. The van der Waals surface area contributed by atoms with Crippen LogP contribution in [0.15, 0.2) is 41.0 Å². The molecule has 0 saturated heterocycles. The van der Waals surface area contributed by atoms with Gasteiger partial charge in [-0.25, -0.2) is 8.42 Å². The Balaban J connectivity index is 1.97. The Morgan fingerprint density at radius 2 is 1.88 bits per heavy atom. The van der Waals surface area contributed by atoms with Crippen molar-refractivity contribution in [1.29, 1.82) is 0 Å². The first-order valence-electron chi connectivity index (χ1n) is 7.63. The molecule has 1 amide bonds. The van der Waals surface area contributed by atoms with Gasteiger partial charge in [-0.2, -0.15) is 0 Å². The van der Waals surface area contributed by atoms with Crippen LogP contribution in [0.3, 0.4) is 0 Å². The summed E-state index contributed by atoms with van der Waals surface area (Å²) in [6.07, 6.45) is 2.76. The number of anilines is 2. The van der Waals surface area contributed by atoms with Crippen molar-refractivity contribution in [3.8, 4) is 0 Å². The number of unbranched alkanes of at least 4 members (excludes halogenated alkanes) is 1. The number of benzene rings is 1. The van der Waals surface area contributed by atoms with Crippen molar-refractivity contribution in [2.24, 2.45) is 5.73 Å². The number of carbonyl (C=O) groups excluding carboxylic acids is 1. The third-order valence-corrected chi connectivity index (χ3v) is 4.67. The molecule has 7 nitrogen and oxygen atoms in total.